The van der Waals surface area contributed by atoms with E-state index in [2.05, 4.69) is 0 Å². The van der Waals surface area contributed by atoms with Crippen LogP contribution in [0.3, 0.4) is 0 Å². The highest BCUT2D eigenvalue weighted by molar-refractivity contribution is 5.76. The molecule has 1 rings (SSSR count). The molecule has 1 aromatic rings. The molecule has 3 nitrogen and oxygen atoms in total. The minimum absolute atomic E-state index is 0.580. The molecule has 0 amide bonds. The highest BCUT2D eigenvalue weighted by atomic mass is 16.4. The molecule has 1 unspecified atom stereocenters. The third-order valence-electron chi connectivity index (χ3n) is 2.32. The predicted octanol–water partition coefficient (Wildman–Crippen LogP) is 1.70. The standard InChI is InChI=1S/C9H13NO2/c1-3-9(2,8(11)12)10-6-4-5-7-10/h4-7H,3H2,1-2H3,(H,11,12). The van der Waals surface area contributed by atoms with Gasteiger partial charge in [-0.05, 0) is 25.5 Å². The van der Waals surface area contributed by atoms with Gasteiger partial charge in [-0.3, -0.25) is 0 Å². The van der Waals surface area contributed by atoms with E-state index in [1.807, 2.05) is 19.1 Å². The average Bonchev–Trinajstić information content (AvgIpc) is 2.54. The summed E-state index contributed by atoms with van der Waals surface area (Å²) in [7, 11) is 0. The predicted molar refractivity (Wildman–Crippen MR) is 46.0 cm³/mol. The summed E-state index contributed by atoms with van der Waals surface area (Å²) in [5, 5.41) is 8.98. The molecule has 1 atom stereocenters. The van der Waals surface area contributed by atoms with Gasteiger partial charge in [0.1, 0.15) is 5.54 Å². The molecule has 0 radical (unpaired) electrons. The zero-order chi connectivity index (χ0) is 9.19. The van der Waals surface area contributed by atoms with E-state index in [-0.39, 0.29) is 0 Å². The Bertz CT molecular complexity index is 266. The van der Waals surface area contributed by atoms with Crippen molar-refractivity contribution in [2.45, 2.75) is 25.8 Å². The molecule has 0 aliphatic rings. The van der Waals surface area contributed by atoms with Gasteiger partial charge in [0.2, 0.25) is 0 Å². The van der Waals surface area contributed by atoms with Gasteiger partial charge < -0.3 is 9.67 Å². The second-order valence-corrected chi connectivity index (χ2v) is 3.02. The molecule has 0 spiro atoms. The fraction of sp³-hybridized carbons (Fsp3) is 0.444. The second kappa shape index (κ2) is 3.01. The van der Waals surface area contributed by atoms with Gasteiger partial charge in [0.05, 0.1) is 0 Å². The zero-order valence-corrected chi connectivity index (χ0v) is 7.32. The third kappa shape index (κ3) is 1.22. The van der Waals surface area contributed by atoms with E-state index in [4.69, 9.17) is 5.11 Å². The maximum Gasteiger partial charge on any atom is 0.329 e. The van der Waals surface area contributed by atoms with Crippen LogP contribution in [0.4, 0.5) is 0 Å². The highest BCUT2D eigenvalue weighted by Gasteiger charge is 2.31. The Morgan fingerprint density at radius 1 is 1.50 bits per heavy atom. The number of carboxylic acids is 1. The van der Waals surface area contributed by atoms with Crippen LogP contribution in [0.2, 0.25) is 0 Å². The number of aromatic nitrogens is 1. The molecule has 0 aliphatic carbocycles. The summed E-state index contributed by atoms with van der Waals surface area (Å²) < 4.78 is 1.72. The lowest BCUT2D eigenvalue weighted by Crippen LogP contribution is -2.37. The molecule has 1 aromatic heterocycles. The van der Waals surface area contributed by atoms with Gasteiger partial charge in [-0.25, -0.2) is 4.79 Å². The number of carboxylic acid groups (broad SMARTS) is 1. The van der Waals surface area contributed by atoms with Crippen LogP contribution in [0.15, 0.2) is 24.5 Å². The smallest absolute Gasteiger partial charge is 0.329 e. The van der Waals surface area contributed by atoms with Gasteiger partial charge in [0.25, 0.3) is 0 Å². The highest BCUT2D eigenvalue weighted by Crippen LogP contribution is 2.20. The van der Waals surface area contributed by atoms with Crippen molar-refractivity contribution in [3.05, 3.63) is 24.5 Å². The van der Waals surface area contributed by atoms with Gasteiger partial charge in [-0.2, -0.15) is 0 Å². The lowest BCUT2D eigenvalue weighted by atomic mass is 9.99. The van der Waals surface area contributed by atoms with E-state index in [0.29, 0.717) is 6.42 Å². The van der Waals surface area contributed by atoms with Gasteiger partial charge in [0.15, 0.2) is 0 Å². The summed E-state index contributed by atoms with van der Waals surface area (Å²) in [4.78, 5) is 10.9. The molecular weight excluding hydrogens is 154 g/mol. The summed E-state index contributed by atoms with van der Waals surface area (Å²) >= 11 is 0. The Morgan fingerprint density at radius 2 is 2.00 bits per heavy atom. The maximum absolute atomic E-state index is 10.9. The quantitative estimate of drug-likeness (QED) is 0.744. The summed E-state index contributed by atoms with van der Waals surface area (Å²) in [6.07, 6.45) is 4.13. The summed E-state index contributed by atoms with van der Waals surface area (Å²) in [6.45, 7) is 3.59. The number of hydrogen-bond donors (Lipinski definition) is 1. The van der Waals surface area contributed by atoms with Crippen molar-refractivity contribution in [1.29, 1.82) is 0 Å². The maximum atomic E-state index is 10.9. The summed E-state index contributed by atoms with van der Waals surface area (Å²) in [5.41, 5.74) is -0.802. The number of aliphatic carboxylic acids is 1. The van der Waals surface area contributed by atoms with E-state index in [9.17, 15) is 4.79 Å². The van der Waals surface area contributed by atoms with Crippen molar-refractivity contribution in [3.8, 4) is 0 Å². The molecule has 3 heteroatoms. The van der Waals surface area contributed by atoms with Crippen LogP contribution in [0.5, 0.6) is 0 Å². The molecule has 0 aliphatic heterocycles. The number of carbonyl (C=O) groups is 1. The van der Waals surface area contributed by atoms with Crippen LogP contribution in [0.25, 0.3) is 0 Å². The normalized spacial score (nSPS) is 15.5. The molecule has 0 saturated heterocycles. The minimum atomic E-state index is -0.802. The Kier molecular flexibility index (Phi) is 2.22. The first kappa shape index (κ1) is 8.84. The van der Waals surface area contributed by atoms with E-state index in [0.717, 1.165) is 0 Å². The van der Waals surface area contributed by atoms with Gasteiger partial charge in [0, 0.05) is 12.4 Å². The molecule has 1 N–H and O–H groups in total. The van der Waals surface area contributed by atoms with Gasteiger partial charge in [-0.15, -0.1) is 0 Å². The van der Waals surface area contributed by atoms with E-state index in [1.54, 1.807) is 23.9 Å². The summed E-state index contributed by atoms with van der Waals surface area (Å²) in [5.74, 6) is -0.791. The van der Waals surface area contributed by atoms with Gasteiger partial charge in [-0.1, -0.05) is 6.92 Å². The molecule has 0 fully saturated rings. The second-order valence-electron chi connectivity index (χ2n) is 3.02. The average molecular weight is 167 g/mol. The first-order chi connectivity index (χ1) is 5.61. The zero-order valence-electron chi connectivity index (χ0n) is 7.32. The first-order valence-electron chi connectivity index (χ1n) is 3.98. The molecule has 1 heterocycles. The van der Waals surface area contributed by atoms with Crippen molar-refractivity contribution in [2.75, 3.05) is 0 Å². The third-order valence-corrected chi connectivity index (χ3v) is 2.32. The van der Waals surface area contributed by atoms with E-state index in [1.165, 1.54) is 0 Å². The Balaban J connectivity index is 3.04. The van der Waals surface area contributed by atoms with Crippen molar-refractivity contribution < 1.29 is 9.90 Å². The SMILES string of the molecule is CCC(C)(C(=O)O)n1cccc1. The van der Waals surface area contributed by atoms with Crippen molar-refractivity contribution in [1.82, 2.24) is 4.57 Å². The topological polar surface area (TPSA) is 42.2 Å². The fourth-order valence-corrected chi connectivity index (χ4v) is 1.11. The Labute approximate surface area is 71.6 Å². The van der Waals surface area contributed by atoms with Crippen LogP contribution < -0.4 is 0 Å². The van der Waals surface area contributed by atoms with Crippen molar-refractivity contribution >= 4 is 5.97 Å². The van der Waals surface area contributed by atoms with E-state index < -0.39 is 11.5 Å². The molecule has 0 aromatic carbocycles. The lowest BCUT2D eigenvalue weighted by Gasteiger charge is -2.25. The fourth-order valence-electron chi connectivity index (χ4n) is 1.11. The summed E-state index contributed by atoms with van der Waals surface area (Å²) in [6, 6.07) is 3.66. The monoisotopic (exact) mass is 167 g/mol. The van der Waals surface area contributed by atoms with Crippen LogP contribution >= 0.6 is 0 Å². The number of rotatable bonds is 3. The molecule has 66 valence electrons. The molecule has 0 bridgehead atoms. The molecular formula is C9H13NO2. The van der Waals surface area contributed by atoms with Gasteiger partial charge >= 0.3 is 5.97 Å². The number of nitrogens with zero attached hydrogens (tertiary/aromatic N) is 1. The van der Waals surface area contributed by atoms with Crippen LogP contribution in [0.1, 0.15) is 20.3 Å². The molecule has 0 saturated carbocycles. The molecule has 12 heavy (non-hydrogen) atoms. The Hall–Kier alpha value is -1.25. The van der Waals surface area contributed by atoms with Crippen LogP contribution in [0, 0.1) is 0 Å². The number of hydrogen-bond acceptors (Lipinski definition) is 1. The van der Waals surface area contributed by atoms with Crippen LogP contribution in [-0.4, -0.2) is 15.6 Å². The minimum Gasteiger partial charge on any atom is -0.479 e. The first-order valence-corrected chi connectivity index (χ1v) is 3.98. The lowest BCUT2D eigenvalue weighted by molar-refractivity contribution is -0.146. The van der Waals surface area contributed by atoms with Crippen molar-refractivity contribution in [3.63, 3.8) is 0 Å². The van der Waals surface area contributed by atoms with E-state index >= 15 is 0 Å². The van der Waals surface area contributed by atoms with Crippen LogP contribution in [-0.2, 0) is 10.3 Å². The largest absolute Gasteiger partial charge is 0.479 e. The Morgan fingerprint density at radius 3 is 2.33 bits per heavy atom. The van der Waals surface area contributed by atoms with Crippen molar-refractivity contribution in [2.24, 2.45) is 0 Å².